The van der Waals surface area contributed by atoms with Crippen LogP contribution in [0.15, 0.2) is 42.6 Å². The van der Waals surface area contributed by atoms with Crippen LogP contribution in [0.3, 0.4) is 0 Å². The molecule has 4 heteroatoms. The Labute approximate surface area is 111 Å². The molecule has 1 N–H and O–H groups in total. The summed E-state index contributed by atoms with van der Waals surface area (Å²) in [7, 11) is 0. The van der Waals surface area contributed by atoms with Gasteiger partial charge in [-0.15, -0.1) is 0 Å². The Balaban J connectivity index is 2.08. The predicted octanol–water partition coefficient (Wildman–Crippen LogP) is 3.22. The minimum atomic E-state index is -0.0980. The molecule has 92 valence electrons. The van der Waals surface area contributed by atoms with Gasteiger partial charge in [0.1, 0.15) is 0 Å². The smallest absolute Gasteiger partial charge is 0.228 e. The average Bonchev–Trinajstić information content (AvgIpc) is 2.35. The first-order valence-corrected chi connectivity index (χ1v) is 5.99. The van der Waals surface area contributed by atoms with Crippen LogP contribution in [0.2, 0.25) is 5.15 Å². The molecule has 0 aliphatic carbocycles. The number of nitrogens with zero attached hydrogens (tertiary/aromatic N) is 1. The lowest BCUT2D eigenvalue weighted by molar-refractivity contribution is -0.115. The highest BCUT2D eigenvalue weighted by molar-refractivity contribution is 6.32. The number of benzene rings is 1. The number of halogens is 1. The van der Waals surface area contributed by atoms with E-state index in [9.17, 15) is 4.79 Å². The van der Waals surface area contributed by atoms with Gasteiger partial charge in [0, 0.05) is 6.20 Å². The van der Waals surface area contributed by atoms with Gasteiger partial charge in [0.25, 0.3) is 0 Å². The van der Waals surface area contributed by atoms with E-state index in [0.717, 1.165) is 11.1 Å². The normalized spacial score (nSPS) is 10.1. The van der Waals surface area contributed by atoms with Crippen molar-refractivity contribution in [3.05, 3.63) is 58.9 Å². The van der Waals surface area contributed by atoms with Gasteiger partial charge in [0.2, 0.25) is 5.91 Å². The molecule has 2 rings (SSSR count). The number of hydrogen-bond acceptors (Lipinski definition) is 2. The molecule has 1 amide bonds. The Hall–Kier alpha value is -1.87. The first-order valence-electron chi connectivity index (χ1n) is 5.61. The zero-order chi connectivity index (χ0) is 13.0. The minimum Gasteiger partial charge on any atom is -0.323 e. The van der Waals surface area contributed by atoms with Crippen LogP contribution < -0.4 is 5.32 Å². The maximum Gasteiger partial charge on any atom is 0.228 e. The van der Waals surface area contributed by atoms with Crippen molar-refractivity contribution in [1.29, 1.82) is 0 Å². The molecular weight excluding hydrogens is 248 g/mol. The molecule has 0 bridgehead atoms. The summed E-state index contributed by atoms with van der Waals surface area (Å²) in [5.74, 6) is -0.0980. The summed E-state index contributed by atoms with van der Waals surface area (Å²) < 4.78 is 0. The summed E-state index contributed by atoms with van der Waals surface area (Å²) in [6.07, 6.45) is 1.94. The van der Waals surface area contributed by atoms with E-state index in [1.807, 2.05) is 43.3 Å². The van der Waals surface area contributed by atoms with Crippen LogP contribution in [0.25, 0.3) is 0 Å². The van der Waals surface area contributed by atoms with Crippen LogP contribution >= 0.6 is 11.6 Å². The number of aryl methyl sites for hydroxylation is 1. The van der Waals surface area contributed by atoms with Crippen molar-refractivity contribution in [2.75, 3.05) is 5.32 Å². The van der Waals surface area contributed by atoms with Gasteiger partial charge in [-0.1, -0.05) is 41.9 Å². The molecule has 18 heavy (non-hydrogen) atoms. The third kappa shape index (κ3) is 3.08. The molecule has 1 aromatic heterocycles. The van der Waals surface area contributed by atoms with Gasteiger partial charge in [-0.2, -0.15) is 0 Å². The van der Waals surface area contributed by atoms with Gasteiger partial charge in [0.05, 0.1) is 12.1 Å². The van der Waals surface area contributed by atoms with Crippen molar-refractivity contribution in [3.8, 4) is 0 Å². The number of pyridine rings is 1. The molecular formula is C14H13ClN2O. The van der Waals surface area contributed by atoms with Crippen molar-refractivity contribution in [3.63, 3.8) is 0 Å². The predicted molar refractivity (Wildman–Crippen MR) is 72.8 cm³/mol. The Bertz CT molecular complexity index is 535. The first-order chi connectivity index (χ1) is 8.66. The molecule has 0 aliphatic rings. The molecule has 0 fully saturated rings. The van der Waals surface area contributed by atoms with Crippen LogP contribution in [0.4, 0.5) is 5.69 Å². The van der Waals surface area contributed by atoms with Crippen molar-refractivity contribution in [2.24, 2.45) is 0 Å². The molecule has 0 aliphatic heterocycles. The van der Waals surface area contributed by atoms with Crippen molar-refractivity contribution >= 4 is 23.2 Å². The van der Waals surface area contributed by atoms with Crippen LogP contribution in [0.5, 0.6) is 0 Å². The fourth-order valence-electron chi connectivity index (χ4n) is 1.64. The summed E-state index contributed by atoms with van der Waals surface area (Å²) >= 11 is 5.95. The minimum absolute atomic E-state index is 0.0980. The lowest BCUT2D eigenvalue weighted by atomic mass is 10.1. The van der Waals surface area contributed by atoms with E-state index < -0.39 is 0 Å². The molecule has 2 aromatic rings. The van der Waals surface area contributed by atoms with Crippen molar-refractivity contribution in [1.82, 2.24) is 4.98 Å². The summed E-state index contributed by atoms with van der Waals surface area (Å²) in [6, 6.07) is 11.4. The number of carbonyl (C=O) groups excluding carboxylic acids is 1. The first kappa shape index (κ1) is 12.6. The lowest BCUT2D eigenvalue weighted by Crippen LogP contribution is -2.15. The Kier molecular flexibility index (Phi) is 3.95. The van der Waals surface area contributed by atoms with Gasteiger partial charge in [-0.3, -0.25) is 4.79 Å². The third-order valence-corrected chi connectivity index (χ3v) is 2.87. The Morgan fingerprint density at radius 3 is 2.67 bits per heavy atom. The van der Waals surface area contributed by atoms with Crippen LogP contribution in [-0.4, -0.2) is 10.9 Å². The molecule has 1 aromatic carbocycles. The quantitative estimate of drug-likeness (QED) is 0.861. The second-order valence-electron chi connectivity index (χ2n) is 4.00. The second-order valence-corrected chi connectivity index (χ2v) is 4.36. The van der Waals surface area contributed by atoms with Crippen molar-refractivity contribution < 1.29 is 4.79 Å². The van der Waals surface area contributed by atoms with Gasteiger partial charge in [-0.05, 0) is 24.1 Å². The number of rotatable bonds is 3. The summed E-state index contributed by atoms with van der Waals surface area (Å²) in [5.41, 5.74) is 2.45. The topological polar surface area (TPSA) is 42.0 Å². The third-order valence-electron chi connectivity index (χ3n) is 2.58. The second kappa shape index (κ2) is 5.65. The van der Waals surface area contributed by atoms with E-state index in [0.29, 0.717) is 17.3 Å². The highest BCUT2D eigenvalue weighted by atomic mass is 35.5. The number of aromatic nitrogens is 1. The van der Waals surface area contributed by atoms with Gasteiger partial charge < -0.3 is 5.32 Å². The Morgan fingerprint density at radius 2 is 2.00 bits per heavy atom. The van der Waals surface area contributed by atoms with E-state index in [2.05, 4.69) is 10.3 Å². The molecule has 0 spiro atoms. The number of carbonyl (C=O) groups is 1. The molecule has 3 nitrogen and oxygen atoms in total. The molecule has 0 unspecified atom stereocenters. The maximum atomic E-state index is 11.9. The number of anilines is 1. The zero-order valence-corrected chi connectivity index (χ0v) is 10.7. The molecule has 0 saturated heterocycles. The highest BCUT2D eigenvalue weighted by Crippen LogP contribution is 2.22. The van der Waals surface area contributed by atoms with Crippen LogP contribution in [0, 0.1) is 6.92 Å². The van der Waals surface area contributed by atoms with E-state index >= 15 is 0 Å². The van der Waals surface area contributed by atoms with E-state index in [-0.39, 0.29) is 5.91 Å². The average molecular weight is 261 g/mol. The van der Waals surface area contributed by atoms with Gasteiger partial charge in [-0.25, -0.2) is 4.98 Å². The molecule has 1 heterocycles. The van der Waals surface area contributed by atoms with Crippen molar-refractivity contribution in [2.45, 2.75) is 13.3 Å². The number of nitrogens with one attached hydrogen (secondary N) is 1. The molecule has 0 atom stereocenters. The monoisotopic (exact) mass is 260 g/mol. The fraction of sp³-hybridized carbons (Fsp3) is 0.143. The summed E-state index contributed by atoms with van der Waals surface area (Å²) in [4.78, 5) is 15.8. The fourth-order valence-corrected chi connectivity index (χ4v) is 1.89. The SMILES string of the molecule is Cc1ccnc(Cl)c1NC(=O)Cc1ccccc1. The number of hydrogen-bond donors (Lipinski definition) is 1. The summed E-state index contributed by atoms with van der Waals surface area (Å²) in [6.45, 7) is 1.88. The van der Waals surface area contributed by atoms with Gasteiger partial charge >= 0.3 is 0 Å². The standard InChI is InChI=1S/C14H13ClN2O/c1-10-7-8-16-14(15)13(10)17-12(18)9-11-5-3-2-4-6-11/h2-8H,9H2,1H3,(H,17,18). The number of amides is 1. The molecule has 0 saturated carbocycles. The Morgan fingerprint density at radius 1 is 1.28 bits per heavy atom. The largest absolute Gasteiger partial charge is 0.323 e. The maximum absolute atomic E-state index is 11.9. The summed E-state index contributed by atoms with van der Waals surface area (Å²) in [5, 5.41) is 3.11. The highest BCUT2D eigenvalue weighted by Gasteiger charge is 2.09. The lowest BCUT2D eigenvalue weighted by Gasteiger charge is -2.09. The van der Waals surface area contributed by atoms with E-state index in [4.69, 9.17) is 11.6 Å². The van der Waals surface area contributed by atoms with Crippen LogP contribution in [-0.2, 0) is 11.2 Å². The van der Waals surface area contributed by atoms with Gasteiger partial charge in [0.15, 0.2) is 5.15 Å². The molecule has 0 radical (unpaired) electrons. The van der Waals surface area contributed by atoms with E-state index in [1.165, 1.54) is 0 Å². The van der Waals surface area contributed by atoms with E-state index in [1.54, 1.807) is 6.20 Å². The van der Waals surface area contributed by atoms with Crippen LogP contribution in [0.1, 0.15) is 11.1 Å². The zero-order valence-electron chi connectivity index (χ0n) is 9.98.